The molecule has 2 amide bonds. The van der Waals surface area contributed by atoms with Crippen molar-refractivity contribution in [1.82, 2.24) is 9.80 Å². The summed E-state index contributed by atoms with van der Waals surface area (Å²) in [6.07, 6.45) is 2.55. The van der Waals surface area contributed by atoms with E-state index in [-0.39, 0.29) is 30.4 Å². The van der Waals surface area contributed by atoms with Gasteiger partial charge in [-0.1, -0.05) is 0 Å². The van der Waals surface area contributed by atoms with Crippen molar-refractivity contribution in [2.45, 2.75) is 32.3 Å². The van der Waals surface area contributed by atoms with E-state index in [1.54, 1.807) is 16.9 Å². The van der Waals surface area contributed by atoms with Gasteiger partial charge in [0.25, 0.3) is 0 Å². The lowest BCUT2D eigenvalue weighted by molar-refractivity contribution is -0.147. The van der Waals surface area contributed by atoms with E-state index in [9.17, 15) is 9.59 Å². The summed E-state index contributed by atoms with van der Waals surface area (Å²) in [5, 5.41) is 0. The summed E-state index contributed by atoms with van der Waals surface area (Å²) < 4.78 is 10.6. The molecule has 0 unspecified atom stereocenters. The van der Waals surface area contributed by atoms with E-state index in [1.807, 2.05) is 6.92 Å². The fourth-order valence-electron chi connectivity index (χ4n) is 3.03. The number of hydrogen-bond donors (Lipinski definition) is 0. The molecule has 2 aliphatic rings. The minimum Gasteiger partial charge on any atom is -0.383 e. The normalized spacial score (nSPS) is 27.6. The molecular formula is C15H26N2O4. The topological polar surface area (TPSA) is 59.1 Å². The Morgan fingerprint density at radius 2 is 2.19 bits per heavy atom. The zero-order chi connectivity index (χ0) is 15.2. The molecule has 2 atom stereocenters. The van der Waals surface area contributed by atoms with Crippen molar-refractivity contribution in [2.24, 2.45) is 5.92 Å². The van der Waals surface area contributed by atoms with Crippen LogP contribution in [0.15, 0.2) is 0 Å². The first-order chi connectivity index (χ1) is 10.1. The van der Waals surface area contributed by atoms with Gasteiger partial charge in [0.2, 0.25) is 11.8 Å². The Balaban J connectivity index is 1.94. The highest BCUT2D eigenvalue weighted by molar-refractivity contribution is 5.86. The Morgan fingerprint density at radius 3 is 2.90 bits per heavy atom. The number of hydrogen-bond acceptors (Lipinski definition) is 4. The van der Waals surface area contributed by atoms with E-state index in [4.69, 9.17) is 9.47 Å². The van der Waals surface area contributed by atoms with Crippen molar-refractivity contribution in [2.75, 3.05) is 46.5 Å². The van der Waals surface area contributed by atoms with Crippen LogP contribution in [0, 0.1) is 5.92 Å². The Bertz CT molecular complexity index is 375. The summed E-state index contributed by atoms with van der Waals surface area (Å²) >= 11 is 0. The number of rotatable bonds is 4. The summed E-state index contributed by atoms with van der Waals surface area (Å²) in [6, 6.07) is 0. The van der Waals surface area contributed by atoms with Crippen LogP contribution in [0.4, 0.5) is 0 Å². The molecule has 2 rings (SSSR count). The summed E-state index contributed by atoms with van der Waals surface area (Å²) in [7, 11) is 1.63. The second-order valence-corrected chi connectivity index (χ2v) is 5.81. The number of nitrogens with zero attached hydrogens (tertiary/aromatic N) is 2. The number of carbonyl (C=O) groups is 2. The second-order valence-electron chi connectivity index (χ2n) is 5.81. The van der Waals surface area contributed by atoms with Crippen LogP contribution in [-0.2, 0) is 19.1 Å². The molecule has 6 nitrogen and oxygen atoms in total. The highest BCUT2D eigenvalue weighted by Gasteiger charge is 2.34. The number of carbonyl (C=O) groups excluding carboxylic acids is 2. The molecule has 0 aromatic rings. The van der Waals surface area contributed by atoms with Gasteiger partial charge in [0.05, 0.1) is 25.2 Å². The molecule has 0 saturated carbocycles. The van der Waals surface area contributed by atoms with Crippen LogP contribution < -0.4 is 0 Å². The molecule has 0 aromatic heterocycles. The van der Waals surface area contributed by atoms with E-state index < -0.39 is 0 Å². The molecule has 0 aliphatic carbocycles. The highest BCUT2D eigenvalue weighted by atomic mass is 16.5. The lowest BCUT2D eigenvalue weighted by Gasteiger charge is -2.32. The van der Waals surface area contributed by atoms with Crippen molar-refractivity contribution in [1.29, 1.82) is 0 Å². The third-order valence-electron chi connectivity index (χ3n) is 4.34. The molecule has 120 valence electrons. The van der Waals surface area contributed by atoms with E-state index in [0.717, 1.165) is 25.9 Å². The highest BCUT2D eigenvalue weighted by Crippen LogP contribution is 2.23. The molecule has 0 spiro atoms. The first kappa shape index (κ1) is 16.2. The third-order valence-corrected chi connectivity index (χ3v) is 4.34. The van der Waals surface area contributed by atoms with Crippen LogP contribution in [0.25, 0.3) is 0 Å². The van der Waals surface area contributed by atoms with Crippen molar-refractivity contribution >= 4 is 11.8 Å². The van der Waals surface area contributed by atoms with Crippen LogP contribution in [0.3, 0.4) is 0 Å². The molecule has 21 heavy (non-hydrogen) atoms. The summed E-state index contributed by atoms with van der Waals surface area (Å²) in [6.45, 7) is 5.35. The van der Waals surface area contributed by atoms with Crippen LogP contribution >= 0.6 is 0 Å². The number of methoxy groups -OCH3 is 1. The standard InChI is InChI=1S/C15H26N2O4/c1-12-13(5-3-9-21-12)15(19)17-7-4-6-16(8-10-20-2)14(18)11-17/h12-13H,3-11H2,1-2H3/t12-,13-/m1/s1. The molecule has 0 radical (unpaired) electrons. The average molecular weight is 298 g/mol. The van der Waals surface area contributed by atoms with E-state index in [0.29, 0.717) is 26.2 Å². The smallest absolute Gasteiger partial charge is 0.242 e. The van der Waals surface area contributed by atoms with Gasteiger partial charge in [0.1, 0.15) is 0 Å². The maximum Gasteiger partial charge on any atom is 0.242 e. The minimum atomic E-state index is -0.0999. The van der Waals surface area contributed by atoms with Gasteiger partial charge in [-0.15, -0.1) is 0 Å². The Hall–Kier alpha value is -1.14. The van der Waals surface area contributed by atoms with Crippen LogP contribution in [0.2, 0.25) is 0 Å². The van der Waals surface area contributed by atoms with Gasteiger partial charge in [0.15, 0.2) is 0 Å². The predicted molar refractivity (Wildman–Crippen MR) is 77.8 cm³/mol. The quantitative estimate of drug-likeness (QED) is 0.759. The van der Waals surface area contributed by atoms with Crippen LogP contribution in [-0.4, -0.2) is 74.2 Å². The summed E-state index contributed by atoms with van der Waals surface area (Å²) in [4.78, 5) is 28.4. The molecule has 2 aliphatic heterocycles. The third kappa shape index (κ3) is 4.17. The molecular weight excluding hydrogens is 272 g/mol. The second kappa shape index (κ2) is 7.75. The first-order valence-corrected chi connectivity index (χ1v) is 7.80. The molecule has 0 aromatic carbocycles. The SMILES string of the molecule is COCCN1CCCN(C(=O)[C@@H]2CCCO[C@@H]2C)CC1=O. The largest absolute Gasteiger partial charge is 0.383 e. The molecule has 2 saturated heterocycles. The predicted octanol–water partition coefficient (Wildman–Crippen LogP) is 0.509. The minimum absolute atomic E-state index is 0.0160. The lowest BCUT2D eigenvalue weighted by Crippen LogP contribution is -2.46. The first-order valence-electron chi connectivity index (χ1n) is 7.80. The molecule has 0 bridgehead atoms. The Kier molecular flexibility index (Phi) is 5.99. The fourth-order valence-corrected chi connectivity index (χ4v) is 3.03. The van der Waals surface area contributed by atoms with Crippen molar-refractivity contribution in [3.05, 3.63) is 0 Å². The maximum atomic E-state index is 12.6. The molecule has 2 fully saturated rings. The van der Waals surface area contributed by atoms with Gasteiger partial charge in [-0.2, -0.15) is 0 Å². The van der Waals surface area contributed by atoms with Gasteiger partial charge in [0, 0.05) is 33.4 Å². The fraction of sp³-hybridized carbons (Fsp3) is 0.867. The molecule has 0 N–H and O–H groups in total. The van der Waals surface area contributed by atoms with E-state index in [1.165, 1.54) is 0 Å². The van der Waals surface area contributed by atoms with Gasteiger partial charge >= 0.3 is 0 Å². The lowest BCUT2D eigenvalue weighted by atomic mass is 9.94. The van der Waals surface area contributed by atoms with Gasteiger partial charge in [-0.25, -0.2) is 0 Å². The van der Waals surface area contributed by atoms with Gasteiger partial charge in [-0.3, -0.25) is 9.59 Å². The van der Waals surface area contributed by atoms with Crippen LogP contribution in [0.5, 0.6) is 0 Å². The Labute approximate surface area is 126 Å². The Morgan fingerprint density at radius 1 is 1.38 bits per heavy atom. The molecule has 2 heterocycles. The van der Waals surface area contributed by atoms with Crippen LogP contribution in [0.1, 0.15) is 26.2 Å². The monoisotopic (exact) mass is 298 g/mol. The van der Waals surface area contributed by atoms with Crippen molar-refractivity contribution < 1.29 is 19.1 Å². The summed E-state index contributed by atoms with van der Waals surface area (Å²) in [5.41, 5.74) is 0. The van der Waals surface area contributed by atoms with E-state index in [2.05, 4.69) is 0 Å². The van der Waals surface area contributed by atoms with Gasteiger partial charge in [-0.05, 0) is 26.2 Å². The van der Waals surface area contributed by atoms with E-state index >= 15 is 0 Å². The van der Waals surface area contributed by atoms with Crippen molar-refractivity contribution in [3.63, 3.8) is 0 Å². The number of ether oxygens (including phenoxy) is 2. The van der Waals surface area contributed by atoms with Crippen molar-refractivity contribution in [3.8, 4) is 0 Å². The van der Waals surface area contributed by atoms with Gasteiger partial charge < -0.3 is 19.3 Å². The average Bonchev–Trinajstić information content (AvgIpc) is 2.67. The summed E-state index contributed by atoms with van der Waals surface area (Å²) in [5.74, 6) is -0.0107. The zero-order valence-electron chi connectivity index (χ0n) is 13.0. The molecule has 6 heteroatoms. The maximum absolute atomic E-state index is 12.6. The zero-order valence-corrected chi connectivity index (χ0v) is 13.0. The number of amides is 2.